The van der Waals surface area contributed by atoms with Crippen LogP contribution in [-0.2, 0) is 4.79 Å². The fourth-order valence-corrected chi connectivity index (χ4v) is 2.25. The first-order valence-corrected chi connectivity index (χ1v) is 5.95. The minimum atomic E-state index is -0.273. The number of aliphatic hydroxyl groups excluding tert-OH is 1. The molecule has 88 valence electrons. The van der Waals surface area contributed by atoms with Gasteiger partial charge in [-0.25, -0.2) is 0 Å². The van der Waals surface area contributed by atoms with E-state index < -0.39 is 0 Å². The lowest BCUT2D eigenvalue weighted by atomic mass is 9.99. The van der Waals surface area contributed by atoms with Crippen LogP contribution in [0.15, 0.2) is 0 Å². The van der Waals surface area contributed by atoms with Gasteiger partial charge in [0.2, 0.25) is 5.91 Å². The van der Waals surface area contributed by atoms with E-state index in [1.54, 1.807) is 0 Å². The number of hydrogen-bond donors (Lipinski definition) is 2. The molecule has 0 radical (unpaired) electrons. The molecule has 0 heterocycles. The van der Waals surface area contributed by atoms with E-state index in [0.717, 1.165) is 0 Å². The largest absolute Gasteiger partial charge is 0.396 e. The van der Waals surface area contributed by atoms with Gasteiger partial charge in [0.25, 0.3) is 0 Å². The minimum absolute atomic E-state index is 0.122. The Morgan fingerprint density at radius 2 is 2.00 bits per heavy atom. The van der Waals surface area contributed by atoms with Gasteiger partial charge < -0.3 is 10.4 Å². The fraction of sp³-hybridized carbons (Fsp3) is 0.917. The summed E-state index contributed by atoms with van der Waals surface area (Å²) in [6.07, 6.45) is 6.23. The van der Waals surface area contributed by atoms with Crippen LogP contribution in [0, 0.1) is 5.92 Å². The van der Waals surface area contributed by atoms with Gasteiger partial charge in [0, 0.05) is 18.6 Å². The molecule has 3 heteroatoms. The van der Waals surface area contributed by atoms with Crippen LogP contribution in [0.25, 0.3) is 0 Å². The summed E-state index contributed by atoms with van der Waals surface area (Å²) in [5, 5.41) is 11.8. The second kappa shape index (κ2) is 5.50. The summed E-state index contributed by atoms with van der Waals surface area (Å²) in [4.78, 5) is 11.7. The lowest BCUT2D eigenvalue weighted by molar-refractivity contribution is -0.123. The molecule has 15 heavy (non-hydrogen) atoms. The quantitative estimate of drug-likeness (QED) is 0.732. The van der Waals surface area contributed by atoms with Gasteiger partial charge in [-0.2, -0.15) is 0 Å². The van der Waals surface area contributed by atoms with E-state index >= 15 is 0 Å². The summed E-state index contributed by atoms with van der Waals surface area (Å²) in [5.41, 5.74) is -0.273. The van der Waals surface area contributed by atoms with Crippen LogP contribution in [0.1, 0.15) is 52.4 Å². The highest BCUT2D eigenvalue weighted by atomic mass is 16.3. The molecule has 0 aromatic rings. The first kappa shape index (κ1) is 12.5. The zero-order chi connectivity index (χ0) is 11.3. The highest BCUT2D eigenvalue weighted by Gasteiger charge is 2.23. The molecule has 0 aromatic heterocycles. The zero-order valence-electron chi connectivity index (χ0n) is 9.88. The van der Waals surface area contributed by atoms with Crippen molar-refractivity contribution in [3.8, 4) is 0 Å². The maximum absolute atomic E-state index is 11.7. The van der Waals surface area contributed by atoms with Crippen LogP contribution < -0.4 is 5.32 Å². The fourth-order valence-electron chi connectivity index (χ4n) is 2.25. The summed E-state index contributed by atoms with van der Waals surface area (Å²) >= 11 is 0. The van der Waals surface area contributed by atoms with Crippen molar-refractivity contribution in [3.63, 3.8) is 0 Å². The molecule has 1 aliphatic carbocycles. The molecule has 3 nitrogen and oxygen atoms in total. The van der Waals surface area contributed by atoms with Gasteiger partial charge >= 0.3 is 0 Å². The molecule has 0 saturated heterocycles. The maximum atomic E-state index is 11.7. The van der Waals surface area contributed by atoms with Crippen LogP contribution in [0.3, 0.4) is 0 Å². The van der Waals surface area contributed by atoms with Crippen molar-refractivity contribution < 1.29 is 9.90 Å². The Hall–Kier alpha value is -0.570. The third kappa shape index (κ3) is 4.65. The van der Waals surface area contributed by atoms with E-state index in [9.17, 15) is 4.79 Å². The van der Waals surface area contributed by atoms with E-state index in [-0.39, 0.29) is 18.1 Å². The third-order valence-corrected chi connectivity index (χ3v) is 3.16. The van der Waals surface area contributed by atoms with Gasteiger partial charge in [-0.05, 0) is 39.0 Å². The Morgan fingerprint density at radius 1 is 1.40 bits per heavy atom. The van der Waals surface area contributed by atoms with Gasteiger partial charge in [-0.15, -0.1) is 0 Å². The second-order valence-corrected chi connectivity index (χ2v) is 5.26. The maximum Gasteiger partial charge on any atom is 0.220 e. The SMILES string of the molecule is CC(C)(CCO)NC(=O)CC1CCCC1. The first-order valence-electron chi connectivity index (χ1n) is 5.95. The highest BCUT2D eigenvalue weighted by Crippen LogP contribution is 2.27. The van der Waals surface area contributed by atoms with E-state index in [1.165, 1.54) is 25.7 Å². The molecular formula is C12H23NO2. The average molecular weight is 213 g/mol. The molecule has 1 rings (SSSR count). The monoisotopic (exact) mass is 213 g/mol. The summed E-state index contributed by atoms with van der Waals surface area (Å²) in [7, 11) is 0. The Kier molecular flexibility index (Phi) is 4.58. The van der Waals surface area contributed by atoms with Gasteiger partial charge in [-0.3, -0.25) is 4.79 Å². The van der Waals surface area contributed by atoms with Crippen LogP contribution in [-0.4, -0.2) is 23.2 Å². The first-order chi connectivity index (χ1) is 7.03. The number of amides is 1. The topological polar surface area (TPSA) is 49.3 Å². The van der Waals surface area contributed by atoms with Gasteiger partial charge in [0.1, 0.15) is 0 Å². The molecule has 0 aliphatic heterocycles. The average Bonchev–Trinajstić information content (AvgIpc) is 2.54. The Labute approximate surface area is 92.3 Å². The smallest absolute Gasteiger partial charge is 0.220 e. The Morgan fingerprint density at radius 3 is 2.53 bits per heavy atom. The van der Waals surface area contributed by atoms with E-state index in [1.807, 2.05) is 13.8 Å². The normalized spacial score (nSPS) is 18.1. The van der Waals surface area contributed by atoms with Crippen molar-refractivity contribution >= 4 is 5.91 Å². The highest BCUT2D eigenvalue weighted by molar-refractivity contribution is 5.76. The van der Waals surface area contributed by atoms with Crippen molar-refractivity contribution in [3.05, 3.63) is 0 Å². The lowest BCUT2D eigenvalue weighted by Gasteiger charge is -2.26. The summed E-state index contributed by atoms with van der Waals surface area (Å²) < 4.78 is 0. The van der Waals surface area contributed by atoms with E-state index in [0.29, 0.717) is 18.8 Å². The molecule has 0 atom stereocenters. The van der Waals surface area contributed by atoms with Crippen molar-refractivity contribution in [2.45, 2.75) is 57.9 Å². The molecule has 1 amide bonds. The molecule has 1 fully saturated rings. The van der Waals surface area contributed by atoms with Crippen LogP contribution in [0.2, 0.25) is 0 Å². The van der Waals surface area contributed by atoms with Crippen LogP contribution in [0.4, 0.5) is 0 Å². The molecule has 1 aliphatic rings. The molecular weight excluding hydrogens is 190 g/mol. The number of aliphatic hydroxyl groups is 1. The van der Waals surface area contributed by atoms with Crippen LogP contribution in [0.5, 0.6) is 0 Å². The minimum Gasteiger partial charge on any atom is -0.396 e. The van der Waals surface area contributed by atoms with Crippen LogP contribution >= 0.6 is 0 Å². The second-order valence-electron chi connectivity index (χ2n) is 5.26. The zero-order valence-corrected chi connectivity index (χ0v) is 9.88. The number of nitrogens with one attached hydrogen (secondary N) is 1. The van der Waals surface area contributed by atoms with Crippen molar-refractivity contribution in [1.29, 1.82) is 0 Å². The van der Waals surface area contributed by atoms with Crippen molar-refractivity contribution in [2.75, 3.05) is 6.61 Å². The molecule has 0 bridgehead atoms. The van der Waals surface area contributed by atoms with Crippen molar-refractivity contribution in [2.24, 2.45) is 5.92 Å². The van der Waals surface area contributed by atoms with Gasteiger partial charge in [0.05, 0.1) is 0 Å². The molecule has 2 N–H and O–H groups in total. The van der Waals surface area contributed by atoms with E-state index in [2.05, 4.69) is 5.32 Å². The van der Waals surface area contributed by atoms with E-state index in [4.69, 9.17) is 5.11 Å². The number of carbonyl (C=O) groups excluding carboxylic acids is 1. The number of hydrogen-bond acceptors (Lipinski definition) is 2. The van der Waals surface area contributed by atoms with Crippen molar-refractivity contribution in [1.82, 2.24) is 5.32 Å². The lowest BCUT2D eigenvalue weighted by Crippen LogP contribution is -2.44. The summed E-state index contributed by atoms with van der Waals surface area (Å²) in [5.74, 6) is 0.732. The predicted octanol–water partition coefficient (Wildman–Crippen LogP) is 1.84. The van der Waals surface area contributed by atoms with Gasteiger partial charge in [0.15, 0.2) is 0 Å². The Bertz CT molecular complexity index is 208. The van der Waals surface area contributed by atoms with Gasteiger partial charge in [-0.1, -0.05) is 12.8 Å². The standard InChI is InChI=1S/C12H23NO2/c1-12(2,7-8-14)13-11(15)9-10-5-3-4-6-10/h10,14H,3-9H2,1-2H3,(H,13,15). The summed E-state index contributed by atoms with van der Waals surface area (Å²) in [6, 6.07) is 0. The predicted molar refractivity (Wildman–Crippen MR) is 60.5 cm³/mol. The molecule has 0 unspecified atom stereocenters. The number of rotatable bonds is 5. The molecule has 1 saturated carbocycles. The molecule has 0 spiro atoms. The molecule has 0 aromatic carbocycles. The Balaban J connectivity index is 2.27. The summed E-state index contributed by atoms with van der Waals surface area (Å²) in [6.45, 7) is 4.03. The third-order valence-electron chi connectivity index (χ3n) is 3.16. The number of carbonyl (C=O) groups is 1.